The summed E-state index contributed by atoms with van der Waals surface area (Å²) in [5.41, 5.74) is 0.298. The van der Waals surface area contributed by atoms with Crippen LogP contribution in [-0.2, 0) is 0 Å². The van der Waals surface area contributed by atoms with Crippen LogP contribution in [0.3, 0.4) is 0 Å². The third-order valence-corrected chi connectivity index (χ3v) is 2.98. The van der Waals surface area contributed by atoms with E-state index in [4.69, 9.17) is 0 Å². The molecular weight excluding hydrogens is 238 g/mol. The van der Waals surface area contributed by atoms with Gasteiger partial charge in [-0.25, -0.2) is 9.78 Å². The average Bonchev–Trinajstić information content (AvgIpc) is 2.34. The molecule has 4 heteroatoms. The van der Waals surface area contributed by atoms with E-state index in [-0.39, 0.29) is 12.1 Å². The van der Waals surface area contributed by atoms with E-state index in [0.717, 1.165) is 19.3 Å². The van der Waals surface area contributed by atoms with Gasteiger partial charge in [0.05, 0.1) is 0 Å². The lowest BCUT2D eigenvalue weighted by atomic mass is 9.88. The molecule has 1 rings (SSSR count). The standard InChI is InChI=1S/C15H25N3O/c1-5-12(9-10-15(2,3)4)17-14(19)18-13-8-6-7-11-16-13/h6-8,11-12H,5,9-10H2,1-4H3,(H2,16,17,18,19). The third-order valence-electron chi connectivity index (χ3n) is 2.98. The molecule has 19 heavy (non-hydrogen) atoms. The molecule has 0 saturated heterocycles. The Kier molecular flexibility index (Phi) is 5.80. The van der Waals surface area contributed by atoms with Crippen molar-refractivity contribution in [3.05, 3.63) is 24.4 Å². The Morgan fingerprint density at radius 3 is 2.63 bits per heavy atom. The fourth-order valence-electron chi connectivity index (χ4n) is 1.76. The van der Waals surface area contributed by atoms with E-state index in [1.807, 2.05) is 12.1 Å². The Balaban J connectivity index is 2.41. The summed E-state index contributed by atoms with van der Waals surface area (Å²) in [6, 6.07) is 5.47. The highest BCUT2D eigenvalue weighted by atomic mass is 16.2. The molecule has 106 valence electrons. The number of hydrogen-bond acceptors (Lipinski definition) is 2. The van der Waals surface area contributed by atoms with Crippen molar-refractivity contribution in [2.24, 2.45) is 5.41 Å². The molecule has 4 nitrogen and oxygen atoms in total. The van der Waals surface area contributed by atoms with Gasteiger partial charge in [-0.05, 0) is 36.8 Å². The lowest BCUT2D eigenvalue weighted by Gasteiger charge is -2.23. The van der Waals surface area contributed by atoms with Crippen molar-refractivity contribution in [2.75, 3.05) is 5.32 Å². The Morgan fingerprint density at radius 1 is 1.37 bits per heavy atom. The van der Waals surface area contributed by atoms with Crippen LogP contribution in [0, 0.1) is 5.41 Å². The minimum atomic E-state index is -0.181. The molecule has 0 aromatic carbocycles. The van der Waals surface area contributed by atoms with Crippen molar-refractivity contribution in [1.29, 1.82) is 0 Å². The number of pyridine rings is 1. The van der Waals surface area contributed by atoms with Crippen LogP contribution in [0.4, 0.5) is 10.6 Å². The number of carbonyl (C=O) groups excluding carboxylic acids is 1. The van der Waals surface area contributed by atoms with E-state index < -0.39 is 0 Å². The second kappa shape index (κ2) is 7.12. The van der Waals surface area contributed by atoms with Gasteiger partial charge in [-0.3, -0.25) is 5.32 Å². The molecule has 0 aliphatic heterocycles. The molecular formula is C15H25N3O. The molecule has 0 bridgehead atoms. The number of nitrogens with one attached hydrogen (secondary N) is 2. The van der Waals surface area contributed by atoms with Crippen LogP contribution in [0.2, 0.25) is 0 Å². The maximum absolute atomic E-state index is 11.8. The van der Waals surface area contributed by atoms with E-state index in [2.05, 4.69) is 43.3 Å². The predicted octanol–water partition coefficient (Wildman–Crippen LogP) is 3.81. The first-order valence-electron chi connectivity index (χ1n) is 6.89. The highest BCUT2D eigenvalue weighted by Gasteiger charge is 2.16. The van der Waals surface area contributed by atoms with Gasteiger partial charge in [0.1, 0.15) is 5.82 Å². The van der Waals surface area contributed by atoms with Crippen LogP contribution >= 0.6 is 0 Å². The van der Waals surface area contributed by atoms with Gasteiger partial charge in [0.15, 0.2) is 0 Å². The second-order valence-corrected chi connectivity index (χ2v) is 6.02. The summed E-state index contributed by atoms with van der Waals surface area (Å²) in [5, 5.41) is 5.74. The number of anilines is 1. The Hall–Kier alpha value is -1.58. The Bertz CT molecular complexity index is 384. The summed E-state index contributed by atoms with van der Waals surface area (Å²) < 4.78 is 0. The van der Waals surface area contributed by atoms with Crippen molar-refractivity contribution < 1.29 is 4.79 Å². The van der Waals surface area contributed by atoms with Crippen molar-refractivity contribution in [3.8, 4) is 0 Å². The fraction of sp³-hybridized carbons (Fsp3) is 0.600. The zero-order valence-corrected chi connectivity index (χ0v) is 12.4. The van der Waals surface area contributed by atoms with E-state index in [1.165, 1.54) is 0 Å². The van der Waals surface area contributed by atoms with Crippen LogP contribution in [0.15, 0.2) is 24.4 Å². The summed E-state index contributed by atoms with van der Waals surface area (Å²) >= 11 is 0. The minimum Gasteiger partial charge on any atom is -0.335 e. The summed E-state index contributed by atoms with van der Waals surface area (Å²) in [7, 11) is 0. The number of urea groups is 1. The van der Waals surface area contributed by atoms with Crippen molar-refractivity contribution in [1.82, 2.24) is 10.3 Å². The molecule has 0 aliphatic carbocycles. The molecule has 0 radical (unpaired) electrons. The van der Waals surface area contributed by atoms with Crippen molar-refractivity contribution >= 4 is 11.8 Å². The number of amides is 2. The molecule has 0 fully saturated rings. The molecule has 1 heterocycles. The van der Waals surface area contributed by atoms with Gasteiger partial charge in [-0.2, -0.15) is 0 Å². The van der Waals surface area contributed by atoms with Gasteiger partial charge in [0, 0.05) is 12.2 Å². The van der Waals surface area contributed by atoms with Gasteiger partial charge >= 0.3 is 6.03 Å². The van der Waals surface area contributed by atoms with Crippen LogP contribution in [-0.4, -0.2) is 17.1 Å². The van der Waals surface area contributed by atoms with Crippen LogP contribution in [0.1, 0.15) is 47.0 Å². The minimum absolute atomic E-state index is 0.181. The molecule has 0 spiro atoms. The largest absolute Gasteiger partial charge is 0.335 e. The summed E-state index contributed by atoms with van der Waals surface area (Å²) in [6.45, 7) is 8.74. The average molecular weight is 263 g/mol. The monoisotopic (exact) mass is 263 g/mol. The number of carbonyl (C=O) groups is 1. The van der Waals surface area contributed by atoms with E-state index >= 15 is 0 Å². The molecule has 0 aliphatic rings. The predicted molar refractivity (Wildman–Crippen MR) is 79.2 cm³/mol. The van der Waals surface area contributed by atoms with Gasteiger partial charge in [-0.15, -0.1) is 0 Å². The zero-order valence-electron chi connectivity index (χ0n) is 12.4. The van der Waals surface area contributed by atoms with Crippen LogP contribution < -0.4 is 10.6 Å². The zero-order chi connectivity index (χ0) is 14.3. The highest BCUT2D eigenvalue weighted by molar-refractivity contribution is 5.88. The van der Waals surface area contributed by atoms with Gasteiger partial charge in [-0.1, -0.05) is 33.8 Å². The first-order valence-corrected chi connectivity index (χ1v) is 6.89. The topological polar surface area (TPSA) is 54.0 Å². The summed E-state index contributed by atoms with van der Waals surface area (Å²) in [4.78, 5) is 15.9. The van der Waals surface area contributed by atoms with Crippen LogP contribution in [0.5, 0.6) is 0 Å². The maximum Gasteiger partial charge on any atom is 0.320 e. The van der Waals surface area contributed by atoms with Gasteiger partial charge in [0.2, 0.25) is 0 Å². The van der Waals surface area contributed by atoms with Crippen LogP contribution in [0.25, 0.3) is 0 Å². The third kappa shape index (κ3) is 6.79. The van der Waals surface area contributed by atoms with E-state index in [0.29, 0.717) is 11.2 Å². The molecule has 2 N–H and O–H groups in total. The quantitative estimate of drug-likeness (QED) is 0.848. The van der Waals surface area contributed by atoms with Crippen molar-refractivity contribution in [2.45, 2.75) is 53.0 Å². The molecule has 1 unspecified atom stereocenters. The van der Waals surface area contributed by atoms with E-state index in [1.54, 1.807) is 12.3 Å². The molecule has 1 aromatic heterocycles. The lowest BCUT2D eigenvalue weighted by molar-refractivity contribution is 0.244. The normalized spacial score (nSPS) is 12.8. The van der Waals surface area contributed by atoms with Gasteiger partial charge < -0.3 is 5.32 Å². The first kappa shape index (κ1) is 15.5. The SMILES string of the molecule is CCC(CCC(C)(C)C)NC(=O)Nc1ccccn1. The summed E-state index contributed by atoms with van der Waals surface area (Å²) in [6.07, 6.45) is 4.68. The first-order chi connectivity index (χ1) is 8.90. The smallest absolute Gasteiger partial charge is 0.320 e. The van der Waals surface area contributed by atoms with E-state index in [9.17, 15) is 4.79 Å². The second-order valence-electron chi connectivity index (χ2n) is 6.02. The highest BCUT2D eigenvalue weighted by Crippen LogP contribution is 2.22. The molecule has 1 atom stereocenters. The number of rotatable bonds is 5. The number of nitrogens with zero attached hydrogens (tertiary/aromatic N) is 1. The van der Waals surface area contributed by atoms with Crippen molar-refractivity contribution in [3.63, 3.8) is 0 Å². The summed E-state index contributed by atoms with van der Waals surface area (Å²) in [5.74, 6) is 0.575. The molecule has 1 aromatic rings. The fourth-order valence-corrected chi connectivity index (χ4v) is 1.76. The Labute approximate surface area is 116 Å². The lowest BCUT2D eigenvalue weighted by Crippen LogP contribution is -2.38. The Morgan fingerprint density at radius 2 is 2.11 bits per heavy atom. The molecule has 2 amide bonds. The van der Waals surface area contributed by atoms with Gasteiger partial charge in [0.25, 0.3) is 0 Å². The number of hydrogen-bond donors (Lipinski definition) is 2. The number of aromatic nitrogens is 1. The maximum atomic E-state index is 11.8. The molecule has 0 saturated carbocycles.